The van der Waals surface area contributed by atoms with Gasteiger partial charge in [-0.05, 0) is 79.7 Å². The summed E-state index contributed by atoms with van der Waals surface area (Å²) in [6.07, 6.45) is 5.42. The minimum absolute atomic E-state index is 0.0395. The predicted molar refractivity (Wildman–Crippen MR) is 133 cm³/mol. The maximum atomic E-state index is 13.6. The van der Waals surface area contributed by atoms with Crippen LogP contribution in [0.15, 0.2) is 42.5 Å². The number of amides is 1. The third kappa shape index (κ3) is 3.78. The van der Waals surface area contributed by atoms with Gasteiger partial charge in [0.2, 0.25) is 5.91 Å². The lowest BCUT2D eigenvalue weighted by molar-refractivity contribution is -0.140. The second-order valence-corrected chi connectivity index (χ2v) is 11.5. The van der Waals surface area contributed by atoms with Gasteiger partial charge in [-0.25, -0.2) is 0 Å². The summed E-state index contributed by atoms with van der Waals surface area (Å²) in [6, 6.07) is 16.2. The van der Waals surface area contributed by atoms with Crippen LogP contribution in [0, 0.1) is 5.92 Å². The summed E-state index contributed by atoms with van der Waals surface area (Å²) in [7, 11) is 0. The Labute approximate surface area is 202 Å². The lowest BCUT2D eigenvalue weighted by Gasteiger charge is -2.45. The quantitative estimate of drug-likeness (QED) is 0.654. The predicted octanol–water partition coefficient (Wildman–Crippen LogP) is 3.58. The number of rotatable bonds is 4. The van der Waals surface area contributed by atoms with Gasteiger partial charge in [0.25, 0.3) is 0 Å². The van der Waals surface area contributed by atoms with Gasteiger partial charge in [0, 0.05) is 37.8 Å². The van der Waals surface area contributed by atoms with E-state index >= 15 is 0 Å². The number of hydrogen-bond acceptors (Lipinski definition) is 4. The first-order valence-electron chi connectivity index (χ1n) is 13.1. The van der Waals surface area contributed by atoms with E-state index in [0.29, 0.717) is 31.1 Å². The summed E-state index contributed by atoms with van der Waals surface area (Å²) in [5, 5.41) is 18.4. The third-order valence-electron chi connectivity index (χ3n) is 8.99. The summed E-state index contributed by atoms with van der Waals surface area (Å²) in [5.41, 5.74) is 5.71. The van der Waals surface area contributed by atoms with E-state index in [1.54, 1.807) is 0 Å². The van der Waals surface area contributed by atoms with Crippen molar-refractivity contribution in [3.05, 3.63) is 70.3 Å². The van der Waals surface area contributed by atoms with Crippen molar-refractivity contribution in [2.75, 3.05) is 6.54 Å². The van der Waals surface area contributed by atoms with Crippen molar-refractivity contribution in [1.82, 2.24) is 15.5 Å². The number of piperidine rings is 2. The van der Waals surface area contributed by atoms with Gasteiger partial charge in [-0.1, -0.05) is 42.5 Å². The van der Waals surface area contributed by atoms with Crippen LogP contribution in [0.5, 0.6) is 0 Å². The Hall–Kier alpha value is -2.21. The van der Waals surface area contributed by atoms with Crippen LogP contribution in [0.2, 0.25) is 0 Å². The van der Waals surface area contributed by atoms with Gasteiger partial charge in [0.05, 0.1) is 11.5 Å². The van der Waals surface area contributed by atoms with E-state index in [1.165, 1.54) is 47.9 Å². The summed E-state index contributed by atoms with van der Waals surface area (Å²) in [6.45, 7) is 5.79. The van der Waals surface area contributed by atoms with Crippen LogP contribution in [0.25, 0.3) is 0 Å². The summed E-state index contributed by atoms with van der Waals surface area (Å²) in [5.74, 6) is 0.829. The van der Waals surface area contributed by atoms with Gasteiger partial charge in [0.15, 0.2) is 0 Å². The smallest absolute Gasteiger partial charge is 0.233 e. The van der Waals surface area contributed by atoms with Crippen molar-refractivity contribution >= 4 is 5.91 Å². The van der Waals surface area contributed by atoms with E-state index in [-0.39, 0.29) is 11.9 Å². The fourth-order valence-electron chi connectivity index (χ4n) is 6.92. The number of benzene rings is 2. The van der Waals surface area contributed by atoms with Crippen LogP contribution in [-0.4, -0.2) is 40.6 Å². The summed E-state index contributed by atoms with van der Waals surface area (Å²) < 4.78 is 0. The van der Waals surface area contributed by atoms with Crippen molar-refractivity contribution in [2.24, 2.45) is 5.92 Å². The minimum atomic E-state index is -0.601. The van der Waals surface area contributed by atoms with Crippen LogP contribution < -0.4 is 10.6 Å². The first-order valence-corrected chi connectivity index (χ1v) is 13.1. The number of β-amino-alcohol motifs (C(OH)–C–C–N with tert-alkyl or cyclic N) is 1. The largest absolute Gasteiger partial charge is 0.390 e. The van der Waals surface area contributed by atoms with Crippen molar-refractivity contribution in [2.45, 2.75) is 88.7 Å². The third-order valence-corrected chi connectivity index (χ3v) is 8.99. The molecule has 0 spiro atoms. The van der Waals surface area contributed by atoms with Crippen molar-refractivity contribution in [3.8, 4) is 0 Å². The fraction of sp³-hybridized carbons (Fsp3) is 0.552. The normalized spacial score (nSPS) is 30.6. The molecule has 3 fully saturated rings. The maximum Gasteiger partial charge on any atom is 0.233 e. The van der Waals surface area contributed by atoms with E-state index < -0.39 is 11.5 Å². The molecule has 2 bridgehead atoms. The number of hydrogen-bond donors (Lipinski definition) is 3. The van der Waals surface area contributed by atoms with E-state index in [4.69, 9.17) is 0 Å². The molecule has 7 rings (SSSR count). The number of aliphatic hydroxyl groups excluding tert-OH is 1. The molecule has 1 saturated carbocycles. The Morgan fingerprint density at radius 2 is 1.82 bits per heavy atom. The summed E-state index contributed by atoms with van der Waals surface area (Å²) in [4.78, 5) is 15.5. The molecule has 4 heterocycles. The first-order chi connectivity index (χ1) is 16.4. The molecule has 2 saturated heterocycles. The first kappa shape index (κ1) is 22.3. The van der Waals surface area contributed by atoms with Gasteiger partial charge in [-0.15, -0.1) is 0 Å². The standard InChI is InChI=1S/C29H37N3O2/c1-29(2)24-13-20(27-18-9-11-23(31-27)12-10-18)7-8-22(24)16-32(28(29)34)17-26(33)25-14-19-5-3-4-6-21(19)15-30-25/h3-8,13,18,23,25-27,30-31,33H,9-12,14-17H2,1-2H3/t18?,23?,25-,26+,27?/m0/s1. The topological polar surface area (TPSA) is 64.6 Å². The molecule has 1 unspecified atom stereocenters. The molecule has 1 aliphatic carbocycles. The Morgan fingerprint density at radius 3 is 2.56 bits per heavy atom. The molecule has 2 aromatic carbocycles. The molecule has 4 aliphatic heterocycles. The highest BCUT2D eigenvalue weighted by atomic mass is 16.3. The molecule has 0 radical (unpaired) electrons. The zero-order valence-electron chi connectivity index (χ0n) is 20.4. The SMILES string of the molecule is CC1(C)C(=O)N(C[C@@H](O)[C@@H]2Cc3ccccc3CN2)Cc2ccc(C3NC4CCC3CC4)cc21. The molecule has 5 aliphatic rings. The van der Waals surface area contributed by atoms with Gasteiger partial charge < -0.3 is 20.6 Å². The van der Waals surface area contributed by atoms with Crippen LogP contribution in [0.3, 0.4) is 0 Å². The molecular formula is C29H37N3O2. The summed E-state index contributed by atoms with van der Waals surface area (Å²) >= 11 is 0. The van der Waals surface area contributed by atoms with Crippen molar-refractivity contribution in [1.29, 1.82) is 0 Å². The maximum absolute atomic E-state index is 13.6. The highest BCUT2D eigenvalue weighted by molar-refractivity contribution is 5.89. The zero-order chi connectivity index (χ0) is 23.4. The number of nitrogens with one attached hydrogen (secondary N) is 2. The fourth-order valence-corrected chi connectivity index (χ4v) is 6.92. The highest BCUT2D eigenvalue weighted by Gasteiger charge is 2.42. The van der Waals surface area contributed by atoms with Gasteiger partial charge in [-0.2, -0.15) is 0 Å². The van der Waals surface area contributed by atoms with E-state index in [9.17, 15) is 9.90 Å². The van der Waals surface area contributed by atoms with Gasteiger partial charge in [-0.3, -0.25) is 4.79 Å². The molecule has 180 valence electrons. The Bertz CT molecular complexity index is 1090. The zero-order valence-corrected chi connectivity index (χ0v) is 20.4. The molecule has 1 amide bonds. The van der Waals surface area contributed by atoms with Crippen LogP contribution in [0.4, 0.5) is 0 Å². The number of aliphatic hydroxyl groups is 1. The molecule has 34 heavy (non-hydrogen) atoms. The van der Waals surface area contributed by atoms with Crippen LogP contribution in [-0.2, 0) is 29.7 Å². The van der Waals surface area contributed by atoms with Crippen LogP contribution >= 0.6 is 0 Å². The molecule has 3 atom stereocenters. The lowest BCUT2D eigenvalue weighted by atomic mass is 9.72. The van der Waals surface area contributed by atoms with E-state index in [1.807, 2.05) is 18.7 Å². The lowest BCUT2D eigenvalue weighted by Crippen LogP contribution is -2.54. The van der Waals surface area contributed by atoms with Crippen molar-refractivity contribution in [3.63, 3.8) is 0 Å². The molecular weight excluding hydrogens is 422 g/mol. The molecule has 0 aromatic heterocycles. The minimum Gasteiger partial charge on any atom is -0.390 e. The second-order valence-electron chi connectivity index (χ2n) is 11.5. The van der Waals surface area contributed by atoms with Gasteiger partial charge in [0.1, 0.15) is 0 Å². The Kier molecular flexibility index (Phi) is 5.55. The number of fused-ring (bicyclic) bond motifs is 5. The number of carbonyl (C=O) groups is 1. The molecule has 5 heteroatoms. The second kappa shape index (κ2) is 8.47. The molecule has 5 nitrogen and oxygen atoms in total. The Morgan fingerprint density at radius 1 is 1.06 bits per heavy atom. The van der Waals surface area contributed by atoms with Crippen molar-refractivity contribution < 1.29 is 9.90 Å². The van der Waals surface area contributed by atoms with Crippen LogP contribution in [0.1, 0.15) is 73.4 Å². The number of carbonyl (C=O) groups excluding carboxylic acids is 1. The highest BCUT2D eigenvalue weighted by Crippen LogP contribution is 2.43. The van der Waals surface area contributed by atoms with Gasteiger partial charge >= 0.3 is 0 Å². The number of nitrogens with zero attached hydrogens (tertiary/aromatic N) is 1. The van der Waals surface area contributed by atoms with E-state index in [0.717, 1.165) is 18.5 Å². The molecule has 3 N–H and O–H groups in total. The molecule has 2 aromatic rings. The Balaban J connectivity index is 1.20. The van der Waals surface area contributed by atoms with E-state index in [2.05, 4.69) is 53.1 Å². The average Bonchev–Trinajstić information content (AvgIpc) is 2.87. The average molecular weight is 460 g/mol. The monoisotopic (exact) mass is 459 g/mol.